The molecule has 1 amide bonds. The van der Waals surface area contributed by atoms with Crippen LogP contribution >= 0.6 is 0 Å². The van der Waals surface area contributed by atoms with Crippen molar-refractivity contribution in [3.8, 4) is 0 Å². The van der Waals surface area contributed by atoms with Crippen LogP contribution < -0.4 is 5.32 Å². The number of nitrogens with zero attached hydrogens (tertiary/aromatic N) is 1. The highest BCUT2D eigenvalue weighted by Gasteiger charge is 2.45. The maximum absolute atomic E-state index is 12.4. The van der Waals surface area contributed by atoms with Crippen LogP contribution in [0.1, 0.15) is 39.0 Å². The van der Waals surface area contributed by atoms with Crippen molar-refractivity contribution in [1.82, 2.24) is 10.2 Å². The zero-order valence-electron chi connectivity index (χ0n) is 10.8. The molecule has 0 bridgehead atoms. The average molecular weight is 236 g/mol. The Labute approximate surface area is 104 Å². The molecule has 0 spiro atoms. The lowest BCUT2D eigenvalue weighted by molar-refractivity contribution is -0.134. The zero-order valence-corrected chi connectivity index (χ0v) is 10.8. The number of carbonyl (C=O) groups is 1. The van der Waals surface area contributed by atoms with Crippen LogP contribution in [0, 0.1) is 17.8 Å². The van der Waals surface area contributed by atoms with Crippen molar-refractivity contribution in [2.75, 3.05) is 19.6 Å². The maximum Gasteiger partial charge on any atom is 0.226 e. The third-order valence-electron chi connectivity index (χ3n) is 4.61. The second kappa shape index (κ2) is 4.60. The van der Waals surface area contributed by atoms with Crippen molar-refractivity contribution in [2.24, 2.45) is 17.8 Å². The van der Waals surface area contributed by atoms with Crippen LogP contribution in [0.3, 0.4) is 0 Å². The normalized spacial score (nSPS) is 33.5. The summed E-state index contributed by atoms with van der Waals surface area (Å²) in [4.78, 5) is 14.6. The number of piperidine rings is 1. The van der Waals surface area contributed by atoms with Gasteiger partial charge < -0.3 is 10.2 Å². The molecule has 3 rings (SSSR count). The molecule has 1 saturated heterocycles. The summed E-state index contributed by atoms with van der Waals surface area (Å²) >= 11 is 0. The van der Waals surface area contributed by atoms with Gasteiger partial charge in [-0.1, -0.05) is 6.92 Å². The fraction of sp³-hybridized carbons (Fsp3) is 0.929. The lowest BCUT2D eigenvalue weighted by Gasteiger charge is -2.30. The smallest absolute Gasteiger partial charge is 0.226 e. The number of nitrogens with one attached hydrogen (secondary N) is 1. The van der Waals surface area contributed by atoms with Gasteiger partial charge >= 0.3 is 0 Å². The van der Waals surface area contributed by atoms with Gasteiger partial charge in [-0.2, -0.15) is 0 Å². The van der Waals surface area contributed by atoms with Gasteiger partial charge in [-0.25, -0.2) is 0 Å². The Morgan fingerprint density at radius 3 is 2.41 bits per heavy atom. The number of carbonyl (C=O) groups excluding carboxylic acids is 1. The number of amides is 1. The van der Waals surface area contributed by atoms with E-state index in [1.54, 1.807) is 0 Å². The van der Waals surface area contributed by atoms with Crippen molar-refractivity contribution in [3.63, 3.8) is 0 Å². The van der Waals surface area contributed by atoms with Crippen molar-refractivity contribution < 1.29 is 4.79 Å². The van der Waals surface area contributed by atoms with Crippen LogP contribution in [0.25, 0.3) is 0 Å². The molecule has 3 nitrogen and oxygen atoms in total. The summed E-state index contributed by atoms with van der Waals surface area (Å²) in [5.74, 6) is 2.24. The molecule has 17 heavy (non-hydrogen) atoms. The van der Waals surface area contributed by atoms with Crippen LogP contribution in [0.5, 0.6) is 0 Å². The summed E-state index contributed by atoms with van der Waals surface area (Å²) in [5.41, 5.74) is 0. The minimum Gasteiger partial charge on any atom is -0.339 e. The van der Waals surface area contributed by atoms with Crippen LogP contribution in [-0.4, -0.2) is 36.5 Å². The molecule has 2 saturated carbocycles. The Bertz CT molecular complexity index is 295. The highest BCUT2D eigenvalue weighted by atomic mass is 16.2. The van der Waals surface area contributed by atoms with E-state index < -0.39 is 0 Å². The number of hydrogen-bond acceptors (Lipinski definition) is 2. The number of hydrogen-bond donors (Lipinski definition) is 1. The molecule has 1 heterocycles. The lowest BCUT2D eigenvalue weighted by Crippen LogP contribution is -2.41. The molecule has 3 fully saturated rings. The predicted octanol–water partition coefficient (Wildman–Crippen LogP) is 1.63. The van der Waals surface area contributed by atoms with E-state index in [1.807, 2.05) is 0 Å². The molecular weight excluding hydrogens is 212 g/mol. The minimum atomic E-state index is 0.373. The van der Waals surface area contributed by atoms with Crippen LogP contribution in [0.2, 0.25) is 0 Å². The molecule has 3 aliphatic rings. The number of rotatable bonds is 4. The van der Waals surface area contributed by atoms with E-state index >= 15 is 0 Å². The molecule has 96 valence electrons. The monoisotopic (exact) mass is 236 g/mol. The van der Waals surface area contributed by atoms with Crippen molar-refractivity contribution in [3.05, 3.63) is 0 Å². The zero-order chi connectivity index (χ0) is 11.8. The summed E-state index contributed by atoms with van der Waals surface area (Å²) in [6.07, 6.45) is 6.12. The largest absolute Gasteiger partial charge is 0.339 e. The highest BCUT2D eigenvalue weighted by Crippen LogP contribution is 2.42. The summed E-state index contributed by atoms with van der Waals surface area (Å²) in [7, 11) is 0. The summed E-state index contributed by atoms with van der Waals surface area (Å²) in [6, 6.07) is 0.602. The first-order chi connectivity index (χ1) is 8.25. The van der Waals surface area contributed by atoms with Crippen LogP contribution in [0.4, 0.5) is 0 Å². The van der Waals surface area contributed by atoms with Gasteiger partial charge in [-0.15, -0.1) is 0 Å². The Balaban J connectivity index is 1.57. The van der Waals surface area contributed by atoms with Gasteiger partial charge in [0.1, 0.15) is 0 Å². The second-order valence-corrected chi connectivity index (χ2v) is 6.23. The van der Waals surface area contributed by atoms with E-state index in [2.05, 4.69) is 17.1 Å². The third-order valence-corrected chi connectivity index (χ3v) is 4.61. The van der Waals surface area contributed by atoms with Gasteiger partial charge in [0.05, 0.1) is 0 Å². The van der Waals surface area contributed by atoms with Crippen molar-refractivity contribution in [2.45, 2.75) is 45.1 Å². The molecular formula is C14H24N2O. The predicted molar refractivity (Wildman–Crippen MR) is 67.6 cm³/mol. The van der Waals surface area contributed by atoms with Crippen molar-refractivity contribution in [1.29, 1.82) is 0 Å². The lowest BCUT2D eigenvalue weighted by atomic mass is 9.97. The van der Waals surface area contributed by atoms with E-state index in [0.29, 0.717) is 23.8 Å². The summed E-state index contributed by atoms with van der Waals surface area (Å²) in [5, 5.41) is 3.40. The Morgan fingerprint density at radius 2 is 1.88 bits per heavy atom. The first kappa shape index (κ1) is 11.5. The van der Waals surface area contributed by atoms with Gasteiger partial charge in [-0.05, 0) is 57.0 Å². The van der Waals surface area contributed by atoms with Gasteiger partial charge in [0.2, 0.25) is 5.91 Å². The Kier molecular flexibility index (Phi) is 3.12. The molecule has 2 unspecified atom stereocenters. The van der Waals surface area contributed by atoms with E-state index in [4.69, 9.17) is 0 Å². The average Bonchev–Trinajstić information content (AvgIpc) is 3.22. The van der Waals surface area contributed by atoms with Gasteiger partial charge in [0.15, 0.2) is 0 Å². The standard InChI is InChI=1S/C14H24N2O/c1-10-8-13(10)14(17)16(12-2-3-12)9-11-4-6-15-7-5-11/h10-13,15H,2-9H2,1H3. The quantitative estimate of drug-likeness (QED) is 0.804. The van der Waals surface area contributed by atoms with Crippen LogP contribution in [0.15, 0.2) is 0 Å². The maximum atomic E-state index is 12.4. The molecule has 1 aliphatic heterocycles. The first-order valence-corrected chi connectivity index (χ1v) is 7.27. The van der Waals surface area contributed by atoms with E-state index in [0.717, 1.165) is 32.0 Å². The Hall–Kier alpha value is -0.570. The fourth-order valence-electron chi connectivity index (χ4n) is 3.03. The molecule has 0 radical (unpaired) electrons. The van der Waals surface area contributed by atoms with Crippen molar-refractivity contribution >= 4 is 5.91 Å². The third kappa shape index (κ3) is 2.65. The summed E-state index contributed by atoms with van der Waals surface area (Å²) < 4.78 is 0. The van der Waals surface area contributed by atoms with Gasteiger partial charge in [0.25, 0.3) is 0 Å². The van der Waals surface area contributed by atoms with E-state index in [9.17, 15) is 4.79 Å². The van der Waals surface area contributed by atoms with Crippen LogP contribution in [-0.2, 0) is 4.79 Å². The SMILES string of the molecule is CC1CC1C(=O)N(CC1CCNCC1)C1CC1. The topological polar surface area (TPSA) is 32.3 Å². The first-order valence-electron chi connectivity index (χ1n) is 7.27. The van der Waals surface area contributed by atoms with E-state index in [-0.39, 0.29) is 0 Å². The second-order valence-electron chi connectivity index (χ2n) is 6.23. The highest BCUT2D eigenvalue weighted by molar-refractivity contribution is 5.82. The summed E-state index contributed by atoms with van der Waals surface area (Å²) in [6.45, 7) is 5.51. The minimum absolute atomic E-state index is 0.373. The molecule has 2 aliphatic carbocycles. The molecule has 2 atom stereocenters. The molecule has 1 N–H and O–H groups in total. The van der Waals surface area contributed by atoms with Gasteiger partial charge in [-0.3, -0.25) is 4.79 Å². The molecule has 0 aromatic heterocycles. The molecule has 0 aromatic rings. The fourth-order valence-corrected chi connectivity index (χ4v) is 3.03. The Morgan fingerprint density at radius 1 is 1.24 bits per heavy atom. The molecule has 0 aromatic carbocycles. The van der Waals surface area contributed by atoms with E-state index in [1.165, 1.54) is 25.7 Å². The van der Waals surface area contributed by atoms with Gasteiger partial charge in [0, 0.05) is 18.5 Å². The molecule has 3 heteroatoms.